The Labute approximate surface area is 126 Å². The molecule has 0 saturated carbocycles. The van der Waals surface area contributed by atoms with Crippen LogP contribution in [0.4, 0.5) is 11.8 Å². The normalized spacial score (nSPS) is 17.7. The van der Waals surface area contributed by atoms with Crippen LogP contribution in [0, 0.1) is 0 Å². The van der Waals surface area contributed by atoms with Crippen LogP contribution in [0.5, 0.6) is 0 Å². The highest BCUT2D eigenvalue weighted by molar-refractivity contribution is 5.47. The zero-order valence-corrected chi connectivity index (χ0v) is 12.9. The minimum Gasteiger partial charge on any atom is -0.352 e. The quantitative estimate of drug-likeness (QED) is 0.938. The Kier molecular flexibility index (Phi) is 3.78. The van der Waals surface area contributed by atoms with Gasteiger partial charge in [-0.05, 0) is 44.4 Å². The van der Waals surface area contributed by atoms with Crippen LogP contribution in [0.1, 0.15) is 31.9 Å². The van der Waals surface area contributed by atoms with Gasteiger partial charge in [-0.15, -0.1) is 0 Å². The molecule has 0 radical (unpaired) electrons. The van der Waals surface area contributed by atoms with Crippen molar-refractivity contribution in [3.05, 3.63) is 47.7 Å². The first-order chi connectivity index (χ1) is 10.1. The highest BCUT2D eigenvalue weighted by atomic mass is 15.2. The molecule has 0 aliphatic carbocycles. The van der Waals surface area contributed by atoms with Crippen LogP contribution in [0.2, 0.25) is 0 Å². The lowest BCUT2D eigenvalue weighted by Crippen LogP contribution is -2.39. The number of hydrogen-bond acceptors (Lipinski definition) is 4. The van der Waals surface area contributed by atoms with Crippen molar-refractivity contribution in [2.75, 3.05) is 10.2 Å². The number of fused-ring (bicyclic) bond motifs is 1. The molecule has 2 aromatic rings. The van der Waals surface area contributed by atoms with E-state index in [1.807, 2.05) is 12.3 Å². The molecule has 110 valence electrons. The number of aromatic nitrogens is 2. The summed E-state index contributed by atoms with van der Waals surface area (Å²) in [6.45, 7) is 7.36. The molecule has 1 atom stereocenters. The molecule has 1 aliphatic rings. The number of hydrogen-bond donors (Lipinski definition) is 1. The van der Waals surface area contributed by atoms with Gasteiger partial charge in [-0.3, -0.25) is 0 Å². The summed E-state index contributed by atoms with van der Waals surface area (Å²) in [4.78, 5) is 11.3. The van der Waals surface area contributed by atoms with Crippen molar-refractivity contribution in [2.45, 2.75) is 45.8 Å². The van der Waals surface area contributed by atoms with Crippen LogP contribution in [-0.4, -0.2) is 22.1 Å². The number of nitrogens with one attached hydrogen (secondary N) is 1. The predicted molar refractivity (Wildman–Crippen MR) is 86.6 cm³/mol. The Morgan fingerprint density at radius 3 is 2.71 bits per heavy atom. The first-order valence-corrected chi connectivity index (χ1v) is 7.56. The van der Waals surface area contributed by atoms with E-state index < -0.39 is 0 Å². The lowest BCUT2D eigenvalue weighted by Gasteiger charge is -2.35. The molecule has 1 aromatic carbocycles. The molecule has 1 aliphatic heterocycles. The van der Waals surface area contributed by atoms with Crippen LogP contribution in [-0.2, 0) is 13.0 Å². The van der Waals surface area contributed by atoms with E-state index >= 15 is 0 Å². The van der Waals surface area contributed by atoms with E-state index in [1.54, 1.807) is 0 Å². The third-order valence-electron chi connectivity index (χ3n) is 3.86. The van der Waals surface area contributed by atoms with Gasteiger partial charge in [0.1, 0.15) is 5.82 Å². The first-order valence-electron chi connectivity index (χ1n) is 7.56. The maximum Gasteiger partial charge on any atom is 0.224 e. The van der Waals surface area contributed by atoms with E-state index in [1.165, 1.54) is 11.1 Å². The van der Waals surface area contributed by atoms with Gasteiger partial charge in [0.25, 0.3) is 0 Å². The van der Waals surface area contributed by atoms with Crippen LogP contribution in [0.3, 0.4) is 0 Å². The Bertz CT molecular complexity index is 624. The summed E-state index contributed by atoms with van der Waals surface area (Å²) >= 11 is 0. The van der Waals surface area contributed by atoms with Gasteiger partial charge in [0, 0.05) is 24.8 Å². The van der Waals surface area contributed by atoms with Gasteiger partial charge in [0.05, 0.1) is 0 Å². The molecule has 21 heavy (non-hydrogen) atoms. The number of benzene rings is 1. The van der Waals surface area contributed by atoms with Gasteiger partial charge in [-0.1, -0.05) is 24.3 Å². The first kappa shape index (κ1) is 13.9. The second kappa shape index (κ2) is 5.72. The van der Waals surface area contributed by atoms with E-state index in [0.717, 1.165) is 18.8 Å². The lowest BCUT2D eigenvalue weighted by atomic mass is 9.95. The van der Waals surface area contributed by atoms with Crippen molar-refractivity contribution in [1.29, 1.82) is 0 Å². The lowest BCUT2D eigenvalue weighted by molar-refractivity contribution is 0.586. The van der Waals surface area contributed by atoms with Crippen LogP contribution in [0.15, 0.2) is 36.5 Å². The Hall–Kier alpha value is -2.10. The van der Waals surface area contributed by atoms with E-state index in [9.17, 15) is 0 Å². The van der Waals surface area contributed by atoms with Crippen molar-refractivity contribution >= 4 is 11.8 Å². The van der Waals surface area contributed by atoms with Gasteiger partial charge in [0.15, 0.2) is 0 Å². The monoisotopic (exact) mass is 282 g/mol. The van der Waals surface area contributed by atoms with E-state index in [4.69, 9.17) is 0 Å². The molecule has 2 heterocycles. The summed E-state index contributed by atoms with van der Waals surface area (Å²) in [5.74, 6) is 1.70. The summed E-state index contributed by atoms with van der Waals surface area (Å²) < 4.78 is 0. The third-order valence-corrected chi connectivity index (χ3v) is 3.86. The van der Waals surface area contributed by atoms with Gasteiger partial charge in [-0.25, -0.2) is 4.98 Å². The summed E-state index contributed by atoms with van der Waals surface area (Å²) in [5.41, 5.74) is 2.85. The summed E-state index contributed by atoms with van der Waals surface area (Å²) in [7, 11) is 0. The average Bonchev–Trinajstić information content (AvgIpc) is 2.46. The van der Waals surface area contributed by atoms with Crippen LogP contribution in [0.25, 0.3) is 0 Å². The molecule has 1 aromatic heterocycles. The van der Waals surface area contributed by atoms with E-state index in [-0.39, 0.29) is 0 Å². The van der Waals surface area contributed by atoms with Gasteiger partial charge in [-0.2, -0.15) is 4.98 Å². The second-order valence-electron chi connectivity index (χ2n) is 5.99. The predicted octanol–water partition coefficient (Wildman–Crippen LogP) is 3.25. The summed E-state index contributed by atoms with van der Waals surface area (Å²) in [5, 5.41) is 3.27. The third kappa shape index (κ3) is 2.99. The molecule has 4 heteroatoms. The molecule has 0 bridgehead atoms. The van der Waals surface area contributed by atoms with Crippen molar-refractivity contribution < 1.29 is 0 Å². The Morgan fingerprint density at radius 1 is 1.19 bits per heavy atom. The zero-order valence-electron chi connectivity index (χ0n) is 12.9. The topological polar surface area (TPSA) is 41.1 Å². The Morgan fingerprint density at radius 2 is 1.95 bits per heavy atom. The van der Waals surface area contributed by atoms with E-state index in [0.29, 0.717) is 18.0 Å². The number of anilines is 2. The number of rotatable bonds is 3. The Balaban J connectivity index is 1.87. The molecular formula is C17H22N4. The molecular weight excluding hydrogens is 260 g/mol. The van der Waals surface area contributed by atoms with Crippen molar-refractivity contribution in [3.63, 3.8) is 0 Å². The molecule has 0 fully saturated rings. The highest BCUT2D eigenvalue weighted by Crippen LogP contribution is 2.27. The average molecular weight is 282 g/mol. The highest BCUT2D eigenvalue weighted by Gasteiger charge is 2.23. The largest absolute Gasteiger partial charge is 0.352 e. The van der Waals surface area contributed by atoms with Crippen LogP contribution >= 0.6 is 0 Å². The standard InChI is InChI=1S/C17H22N4/c1-12(2)19-17-18-9-8-16(20-17)21-11-15-7-5-4-6-14(15)10-13(21)3/h4-9,12-13H,10-11H2,1-3H3,(H,18,19,20)/t13-/m0/s1. The van der Waals surface area contributed by atoms with Gasteiger partial charge >= 0.3 is 0 Å². The molecule has 4 nitrogen and oxygen atoms in total. The summed E-state index contributed by atoms with van der Waals surface area (Å²) in [6, 6.07) is 11.4. The fourth-order valence-electron chi connectivity index (χ4n) is 2.82. The number of nitrogens with zero attached hydrogens (tertiary/aromatic N) is 3. The SMILES string of the molecule is CC(C)Nc1nccc(N2Cc3ccccc3C[C@@H]2C)n1. The van der Waals surface area contributed by atoms with Crippen molar-refractivity contribution in [1.82, 2.24) is 9.97 Å². The molecule has 0 saturated heterocycles. The fourth-order valence-corrected chi connectivity index (χ4v) is 2.82. The zero-order chi connectivity index (χ0) is 14.8. The molecule has 0 amide bonds. The maximum atomic E-state index is 4.66. The van der Waals surface area contributed by atoms with Crippen LogP contribution < -0.4 is 10.2 Å². The molecule has 0 spiro atoms. The van der Waals surface area contributed by atoms with E-state index in [2.05, 4.69) is 65.2 Å². The second-order valence-corrected chi connectivity index (χ2v) is 5.99. The van der Waals surface area contributed by atoms with Gasteiger partial charge < -0.3 is 10.2 Å². The van der Waals surface area contributed by atoms with Gasteiger partial charge in [0.2, 0.25) is 5.95 Å². The van der Waals surface area contributed by atoms with Crippen molar-refractivity contribution in [2.24, 2.45) is 0 Å². The maximum absolute atomic E-state index is 4.66. The minimum atomic E-state index is 0.333. The fraction of sp³-hybridized carbons (Fsp3) is 0.412. The summed E-state index contributed by atoms with van der Waals surface area (Å²) in [6.07, 6.45) is 2.90. The minimum absolute atomic E-state index is 0.333. The molecule has 1 N–H and O–H groups in total. The smallest absolute Gasteiger partial charge is 0.224 e. The molecule has 3 rings (SSSR count). The molecule has 0 unspecified atom stereocenters. The van der Waals surface area contributed by atoms with Crippen molar-refractivity contribution in [3.8, 4) is 0 Å².